The van der Waals surface area contributed by atoms with Crippen molar-refractivity contribution in [3.05, 3.63) is 17.5 Å². The van der Waals surface area contributed by atoms with Crippen molar-refractivity contribution in [2.75, 3.05) is 13.2 Å². The first kappa shape index (κ1) is 10.6. The van der Waals surface area contributed by atoms with Crippen molar-refractivity contribution in [2.45, 2.75) is 39.5 Å². The van der Waals surface area contributed by atoms with Crippen LogP contribution in [0.2, 0.25) is 0 Å². The van der Waals surface area contributed by atoms with E-state index >= 15 is 0 Å². The molecule has 4 heteroatoms. The van der Waals surface area contributed by atoms with E-state index in [9.17, 15) is 0 Å². The molecule has 0 saturated carbocycles. The molecule has 0 aromatic carbocycles. The molecule has 1 saturated heterocycles. The summed E-state index contributed by atoms with van der Waals surface area (Å²) in [5.74, 6) is 0.874. The summed E-state index contributed by atoms with van der Waals surface area (Å²) in [6.45, 7) is 8.82. The zero-order valence-electron chi connectivity index (χ0n) is 9.56. The molecule has 0 spiro atoms. The fourth-order valence-corrected chi connectivity index (χ4v) is 1.89. The second kappa shape index (κ2) is 4.33. The fraction of sp³-hybridized carbons (Fsp3) is 0.727. The Hall–Kier alpha value is -0.870. The third-order valence-corrected chi connectivity index (χ3v) is 2.78. The van der Waals surface area contributed by atoms with Crippen molar-refractivity contribution >= 4 is 0 Å². The van der Waals surface area contributed by atoms with Gasteiger partial charge in [-0.3, -0.25) is 4.90 Å². The van der Waals surface area contributed by atoms with Gasteiger partial charge in [-0.05, 0) is 20.8 Å². The maximum Gasteiger partial charge on any atom is 0.133 e. The van der Waals surface area contributed by atoms with Gasteiger partial charge in [0, 0.05) is 25.2 Å². The van der Waals surface area contributed by atoms with E-state index in [1.165, 1.54) is 0 Å². The van der Waals surface area contributed by atoms with Gasteiger partial charge in [0.05, 0.1) is 18.4 Å². The highest BCUT2D eigenvalue weighted by molar-refractivity contribution is 5.03. The van der Waals surface area contributed by atoms with Crippen LogP contribution < -0.4 is 0 Å². The van der Waals surface area contributed by atoms with Gasteiger partial charge in [0.25, 0.3) is 0 Å². The molecule has 4 nitrogen and oxygen atoms in total. The van der Waals surface area contributed by atoms with Crippen LogP contribution in [0.5, 0.6) is 0 Å². The zero-order chi connectivity index (χ0) is 10.8. The second-order valence-corrected chi connectivity index (χ2v) is 4.35. The molecule has 1 fully saturated rings. The summed E-state index contributed by atoms with van der Waals surface area (Å²) in [5.41, 5.74) is 1.01. The number of aryl methyl sites for hydroxylation is 1. The average Bonchev–Trinajstić information content (AvgIpc) is 2.58. The highest BCUT2D eigenvalue weighted by atomic mass is 16.5. The molecular formula is C11H18N2O2. The van der Waals surface area contributed by atoms with Gasteiger partial charge < -0.3 is 9.26 Å². The van der Waals surface area contributed by atoms with Crippen molar-refractivity contribution < 1.29 is 9.26 Å². The lowest BCUT2D eigenvalue weighted by Gasteiger charge is -2.36. The number of morpholine rings is 1. The van der Waals surface area contributed by atoms with E-state index in [-0.39, 0.29) is 0 Å². The average molecular weight is 210 g/mol. The molecule has 1 aliphatic rings. The lowest BCUT2D eigenvalue weighted by molar-refractivity contribution is -0.0532. The van der Waals surface area contributed by atoms with Crippen LogP contribution in [0.4, 0.5) is 0 Å². The Bertz CT molecular complexity index is 324. The topological polar surface area (TPSA) is 38.5 Å². The highest BCUT2D eigenvalue weighted by Crippen LogP contribution is 2.15. The van der Waals surface area contributed by atoms with Gasteiger partial charge in [-0.2, -0.15) is 0 Å². The first-order chi connectivity index (χ1) is 7.15. The maximum atomic E-state index is 5.58. The smallest absolute Gasteiger partial charge is 0.133 e. The Morgan fingerprint density at radius 3 is 3.00 bits per heavy atom. The molecule has 0 amide bonds. The summed E-state index contributed by atoms with van der Waals surface area (Å²) in [4.78, 5) is 2.38. The normalized spacial score (nSPS) is 28.2. The van der Waals surface area contributed by atoms with Gasteiger partial charge in [0.2, 0.25) is 0 Å². The third kappa shape index (κ3) is 2.58. The van der Waals surface area contributed by atoms with Crippen molar-refractivity contribution in [3.8, 4) is 0 Å². The quantitative estimate of drug-likeness (QED) is 0.743. The van der Waals surface area contributed by atoms with Crippen molar-refractivity contribution in [2.24, 2.45) is 0 Å². The molecule has 2 atom stereocenters. The van der Waals surface area contributed by atoms with E-state index in [2.05, 4.69) is 23.9 Å². The SMILES string of the molecule is Cc1cc(CN2C[C@@H](C)OC[C@H]2C)no1. The van der Waals surface area contributed by atoms with E-state index in [1.807, 2.05) is 13.0 Å². The van der Waals surface area contributed by atoms with Crippen LogP contribution >= 0.6 is 0 Å². The summed E-state index contributed by atoms with van der Waals surface area (Å²) in [5, 5.41) is 4.01. The standard InChI is InChI=1S/C11H18N2O2/c1-8-7-14-10(3)5-13(8)6-11-4-9(2)15-12-11/h4,8,10H,5-7H2,1-3H3/t8-,10-/m1/s1. The molecule has 0 N–H and O–H groups in total. The summed E-state index contributed by atoms with van der Waals surface area (Å²) in [7, 11) is 0. The first-order valence-electron chi connectivity index (χ1n) is 5.43. The first-order valence-corrected chi connectivity index (χ1v) is 5.43. The molecule has 2 rings (SSSR count). The minimum Gasteiger partial charge on any atom is -0.376 e. The Balaban J connectivity index is 1.98. The molecule has 15 heavy (non-hydrogen) atoms. The van der Waals surface area contributed by atoms with Crippen LogP contribution in [0.25, 0.3) is 0 Å². The van der Waals surface area contributed by atoms with Gasteiger partial charge in [-0.1, -0.05) is 5.16 Å². The fourth-order valence-electron chi connectivity index (χ4n) is 1.89. The van der Waals surface area contributed by atoms with Gasteiger partial charge in [0.15, 0.2) is 0 Å². The molecule has 2 heterocycles. The van der Waals surface area contributed by atoms with E-state index < -0.39 is 0 Å². The molecular weight excluding hydrogens is 192 g/mol. The Morgan fingerprint density at radius 1 is 1.53 bits per heavy atom. The van der Waals surface area contributed by atoms with E-state index in [0.29, 0.717) is 12.1 Å². The number of rotatable bonds is 2. The lowest BCUT2D eigenvalue weighted by atomic mass is 10.2. The summed E-state index contributed by atoms with van der Waals surface area (Å²) in [6, 6.07) is 2.45. The largest absolute Gasteiger partial charge is 0.376 e. The minimum atomic E-state index is 0.314. The molecule has 1 aliphatic heterocycles. The van der Waals surface area contributed by atoms with Crippen LogP contribution in [0.1, 0.15) is 25.3 Å². The van der Waals surface area contributed by atoms with E-state index in [0.717, 1.165) is 31.2 Å². The minimum absolute atomic E-state index is 0.314. The van der Waals surface area contributed by atoms with E-state index in [4.69, 9.17) is 9.26 Å². The molecule has 0 aliphatic carbocycles. The number of aromatic nitrogens is 1. The molecule has 0 unspecified atom stereocenters. The molecule has 1 aromatic heterocycles. The van der Waals surface area contributed by atoms with Crippen molar-refractivity contribution in [1.82, 2.24) is 10.1 Å². The summed E-state index contributed by atoms with van der Waals surface area (Å²) in [6.07, 6.45) is 0.314. The van der Waals surface area contributed by atoms with Gasteiger partial charge in [0.1, 0.15) is 5.76 Å². The number of nitrogens with zero attached hydrogens (tertiary/aromatic N) is 2. The highest BCUT2D eigenvalue weighted by Gasteiger charge is 2.23. The predicted molar refractivity (Wildman–Crippen MR) is 56.5 cm³/mol. The Kier molecular flexibility index (Phi) is 3.07. The predicted octanol–water partition coefficient (Wildman–Crippen LogP) is 1.59. The molecule has 0 radical (unpaired) electrons. The Morgan fingerprint density at radius 2 is 2.33 bits per heavy atom. The maximum absolute atomic E-state index is 5.58. The van der Waals surface area contributed by atoms with E-state index in [1.54, 1.807) is 0 Å². The second-order valence-electron chi connectivity index (χ2n) is 4.35. The Labute approximate surface area is 90.2 Å². The zero-order valence-corrected chi connectivity index (χ0v) is 9.56. The number of hydrogen-bond acceptors (Lipinski definition) is 4. The van der Waals surface area contributed by atoms with Crippen molar-refractivity contribution in [3.63, 3.8) is 0 Å². The van der Waals surface area contributed by atoms with Crippen LogP contribution in [-0.4, -0.2) is 35.4 Å². The molecule has 84 valence electrons. The number of hydrogen-bond donors (Lipinski definition) is 0. The van der Waals surface area contributed by atoms with Gasteiger partial charge in [-0.25, -0.2) is 0 Å². The lowest BCUT2D eigenvalue weighted by Crippen LogP contribution is -2.46. The molecule has 0 bridgehead atoms. The van der Waals surface area contributed by atoms with Gasteiger partial charge >= 0.3 is 0 Å². The summed E-state index contributed by atoms with van der Waals surface area (Å²) < 4.78 is 10.6. The van der Waals surface area contributed by atoms with Gasteiger partial charge in [-0.15, -0.1) is 0 Å². The molecule has 1 aromatic rings. The third-order valence-electron chi connectivity index (χ3n) is 2.78. The summed E-state index contributed by atoms with van der Waals surface area (Å²) >= 11 is 0. The van der Waals surface area contributed by atoms with Crippen LogP contribution in [0, 0.1) is 6.92 Å². The van der Waals surface area contributed by atoms with Crippen molar-refractivity contribution in [1.29, 1.82) is 0 Å². The van der Waals surface area contributed by atoms with Crippen LogP contribution in [0.3, 0.4) is 0 Å². The monoisotopic (exact) mass is 210 g/mol. The van der Waals surface area contributed by atoms with Crippen LogP contribution in [-0.2, 0) is 11.3 Å². The number of ether oxygens (including phenoxy) is 1. The van der Waals surface area contributed by atoms with Crippen LogP contribution in [0.15, 0.2) is 10.6 Å².